The molecule has 3 aliphatic heterocycles. The maximum atomic E-state index is 13.1. The van der Waals surface area contributed by atoms with Gasteiger partial charge in [0.15, 0.2) is 11.5 Å². The van der Waals surface area contributed by atoms with E-state index in [0.717, 1.165) is 37.8 Å². The lowest BCUT2D eigenvalue weighted by molar-refractivity contribution is -0.229. The fourth-order valence-corrected chi connectivity index (χ4v) is 7.68. The zero-order valence-electron chi connectivity index (χ0n) is 19.7. The number of amides is 1. The number of carbonyl (C=O) groups is 1. The third-order valence-electron chi connectivity index (χ3n) is 9.32. The van der Waals surface area contributed by atoms with E-state index in [1.165, 1.54) is 5.56 Å². The molecule has 6 N–H and O–H groups in total. The van der Waals surface area contributed by atoms with E-state index in [1.807, 2.05) is 6.07 Å². The van der Waals surface area contributed by atoms with Crippen molar-refractivity contribution in [1.82, 2.24) is 10.2 Å². The number of nitrogens with zero attached hydrogens (tertiary/aromatic N) is 1. The molecule has 1 saturated carbocycles. The second-order valence-electron chi connectivity index (χ2n) is 11.0. The summed E-state index contributed by atoms with van der Waals surface area (Å²) in [5, 5.41) is 53.5. The number of ether oxygens (including phenoxy) is 2. The molecule has 2 saturated heterocycles. The number of carbonyl (C=O) groups excluding carboxylic acids is 1. The van der Waals surface area contributed by atoms with Crippen molar-refractivity contribution < 1.29 is 39.8 Å². The number of rotatable bonds is 4. The van der Waals surface area contributed by atoms with Gasteiger partial charge in [-0.25, -0.2) is 0 Å². The quantitative estimate of drug-likeness (QED) is 0.305. The van der Waals surface area contributed by atoms with Crippen LogP contribution in [0.4, 0.5) is 0 Å². The smallest absolute Gasteiger partial charge is 0.223 e. The molecule has 2 aliphatic carbocycles. The molecule has 6 rings (SSSR count). The van der Waals surface area contributed by atoms with Gasteiger partial charge >= 0.3 is 0 Å². The van der Waals surface area contributed by atoms with Crippen molar-refractivity contribution >= 4 is 5.91 Å². The SMILES string of the molecule is CN1CCC23c4c5ccc(O)c4OC2C(NC(=O)CC2OC(CO)C(O)C(O)C2O)CC[C@@H]3C1C5. The first-order valence-corrected chi connectivity index (χ1v) is 12.6. The fraction of sp³-hybridized carbons (Fsp3) is 0.720. The highest BCUT2D eigenvalue weighted by molar-refractivity contribution is 5.77. The maximum absolute atomic E-state index is 13.1. The number of nitrogens with one attached hydrogen (secondary N) is 1. The number of likely N-dealkylation sites (tertiary alicyclic amines) is 1. The van der Waals surface area contributed by atoms with Crippen LogP contribution in [0, 0.1) is 5.92 Å². The lowest BCUT2D eigenvalue weighted by atomic mass is 9.51. The predicted molar refractivity (Wildman–Crippen MR) is 122 cm³/mol. The van der Waals surface area contributed by atoms with Gasteiger partial charge in [0.1, 0.15) is 30.5 Å². The molecular weight excluding hydrogens is 456 g/mol. The predicted octanol–water partition coefficient (Wildman–Crippen LogP) is -1.22. The molecule has 1 aromatic carbocycles. The van der Waals surface area contributed by atoms with Crippen LogP contribution in [0.15, 0.2) is 12.1 Å². The Morgan fingerprint density at radius 3 is 2.71 bits per heavy atom. The molecule has 5 aliphatic rings. The maximum Gasteiger partial charge on any atom is 0.223 e. The molecule has 1 amide bonds. The van der Waals surface area contributed by atoms with E-state index < -0.39 is 37.1 Å². The van der Waals surface area contributed by atoms with Crippen LogP contribution in [0.25, 0.3) is 0 Å². The van der Waals surface area contributed by atoms with E-state index in [1.54, 1.807) is 6.07 Å². The number of phenols is 1. The van der Waals surface area contributed by atoms with Crippen molar-refractivity contribution in [1.29, 1.82) is 0 Å². The molecule has 0 aromatic heterocycles. The van der Waals surface area contributed by atoms with Crippen molar-refractivity contribution in [2.75, 3.05) is 20.2 Å². The second-order valence-corrected chi connectivity index (χ2v) is 11.0. The summed E-state index contributed by atoms with van der Waals surface area (Å²) in [5.41, 5.74) is 2.06. The van der Waals surface area contributed by atoms with Gasteiger partial charge in [0.05, 0.1) is 25.2 Å². The first kappa shape index (κ1) is 23.4. The van der Waals surface area contributed by atoms with Crippen LogP contribution in [0.1, 0.15) is 36.8 Å². The molecule has 1 aromatic rings. The standard InChI is InChI=1S/C25H34N2O8/c1-27-7-6-25-12-3-4-13(24(25)35-23-15(29)5-2-11(19(23)25)8-14(12)27)26-18(30)9-16-20(31)22(33)21(32)17(10-28)34-16/h2,5,12-14,16-17,20-22,24,28-29,31-33H,3-4,6-10H2,1H3,(H,26,30)/t12-,13?,14?,16?,17?,20?,21?,22?,24?,25?/m1/s1. The van der Waals surface area contributed by atoms with Gasteiger partial charge in [-0.2, -0.15) is 0 Å². The molecule has 1 spiro atoms. The van der Waals surface area contributed by atoms with E-state index >= 15 is 0 Å². The van der Waals surface area contributed by atoms with Gasteiger partial charge in [-0.05, 0) is 56.8 Å². The molecule has 10 nitrogen and oxygen atoms in total. The number of benzene rings is 1. The zero-order chi connectivity index (χ0) is 24.6. The van der Waals surface area contributed by atoms with Gasteiger partial charge in [-0.3, -0.25) is 4.79 Å². The molecule has 9 unspecified atom stereocenters. The van der Waals surface area contributed by atoms with Crippen molar-refractivity contribution in [3.63, 3.8) is 0 Å². The number of phenolic OH excluding ortho intramolecular Hbond substituents is 1. The second kappa shape index (κ2) is 8.29. The molecule has 192 valence electrons. The first-order valence-electron chi connectivity index (χ1n) is 12.6. The molecule has 10 atom stereocenters. The van der Waals surface area contributed by atoms with Gasteiger partial charge < -0.3 is 45.2 Å². The zero-order valence-corrected chi connectivity index (χ0v) is 19.7. The average Bonchev–Trinajstić information content (AvgIpc) is 3.20. The third-order valence-corrected chi connectivity index (χ3v) is 9.32. The van der Waals surface area contributed by atoms with E-state index in [4.69, 9.17) is 9.47 Å². The largest absolute Gasteiger partial charge is 0.504 e. The van der Waals surface area contributed by atoms with Gasteiger partial charge in [-0.15, -0.1) is 0 Å². The number of hydrogen-bond acceptors (Lipinski definition) is 9. The summed E-state index contributed by atoms with van der Waals surface area (Å²) in [7, 11) is 2.17. The van der Waals surface area contributed by atoms with Crippen LogP contribution in [-0.2, 0) is 21.4 Å². The number of aliphatic hydroxyl groups excluding tert-OH is 4. The number of aromatic hydroxyl groups is 1. The van der Waals surface area contributed by atoms with Crippen LogP contribution in [0.3, 0.4) is 0 Å². The molecule has 2 bridgehead atoms. The summed E-state index contributed by atoms with van der Waals surface area (Å²) in [5.74, 6) is 0.699. The van der Waals surface area contributed by atoms with E-state index in [2.05, 4.69) is 17.3 Å². The topological polar surface area (TPSA) is 152 Å². The summed E-state index contributed by atoms with van der Waals surface area (Å²) in [4.78, 5) is 15.5. The third kappa shape index (κ3) is 3.27. The molecule has 0 radical (unpaired) electrons. The monoisotopic (exact) mass is 490 g/mol. The highest BCUT2D eigenvalue weighted by atomic mass is 16.5. The van der Waals surface area contributed by atoms with Gasteiger partial charge in [-0.1, -0.05) is 6.07 Å². The summed E-state index contributed by atoms with van der Waals surface area (Å²) in [6.07, 6.45) is -3.59. The van der Waals surface area contributed by atoms with Crippen LogP contribution < -0.4 is 10.1 Å². The minimum atomic E-state index is -1.51. The Morgan fingerprint density at radius 1 is 1.17 bits per heavy atom. The van der Waals surface area contributed by atoms with E-state index in [9.17, 15) is 30.3 Å². The lowest BCUT2D eigenvalue weighted by Gasteiger charge is -2.59. The van der Waals surface area contributed by atoms with Gasteiger partial charge in [0.25, 0.3) is 0 Å². The number of hydrogen-bond donors (Lipinski definition) is 6. The molecule has 10 heteroatoms. The summed E-state index contributed by atoms with van der Waals surface area (Å²) in [6.45, 7) is 0.381. The van der Waals surface area contributed by atoms with Crippen molar-refractivity contribution in [3.8, 4) is 11.5 Å². The Kier molecular flexibility index (Phi) is 5.55. The van der Waals surface area contributed by atoms with Crippen molar-refractivity contribution in [2.24, 2.45) is 5.92 Å². The Bertz CT molecular complexity index is 1020. The minimum Gasteiger partial charge on any atom is -0.504 e. The van der Waals surface area contributed by atoms with Crippen molar-refractivity contribution in [3.05, 3.63) is 23.3 Å². The van der Waals surface area contributed by atoms with Crippen LogP contribution in [0.5, 0.6) is 11.5 Å². The van der Waals surface area contributed by atoms with Crippen LogP contribution in [0.2, 0.25) is 0 Å². The summed E-state index contributed by atoms with van der Waals surface area (Å²) in [6, 6.07) is 3.81. The highest BCUT2D eigenvalue weighted by Gasteiger charge is 2.65. The Morgan fingerprint density at radius 2 is 1.94 bits per heavy atom. The van der Waals surface area contributed by atoms with Crippen molar-refractivity contribution in [2.45, 2.75) is 86.2 Å². The minimum absolute atomic E-state index is 0.134. The number of likely N-dealkylation sites (N-methyl/N-ethyl adjacent to an activating group) is 1. The Labute approximate surface area is 203 Å². The van der Waals surface area contributed by atoms with E-state index in [0.29, 0.717) is 17.7 Å². The molecule has 3 heterocycles. The van der Waals surface area contributed by atoms with Crippen LogP contribution >= 0.6 is 0 Å². The van der Waals surface area contributed by atoms with Gasteiger partial charge in [0, 0.05) is 17.0 Å². The molecular formula is C25H34N2O8. The Balaban J connectivity index is 1.25. The van der Waals surface area contributed by atoms with Crippen LogP contribution in [-0.4, -0.2) is 105 Å². The normalized spacial score (nSPS) is 43.9. The fourth-order valence-electron chi connectivity index (χ4n) is 7.68. The number of aliphatic hydroxyl groups is 4. The summed E-state index contributed by atoms with van der Waals surface area (Å²) < 4.78 is 12.0. The summed E-state index contributed by atoms with van der Waals surface area (Å²) >= 11 is 0. The highest BCUT2D eigenvalue weighted by Crippen LogP contribution is 2.63. The average molecular weight is 491 g/mol. The Hall–Kier alpha value is -1.95. The lowest BCUT2D eigenvalue weighted by Crippen LogP contribution is -2.68. The molecule has 3 fully saturated rings. The molecule has 35 heavy (non-hydrogen) atoms. The van der Waals surface area contributed by atoms with Gasteiger partial charge in [0.2, 0.25) is 5.91 Å². The number of piperidine rings is 1. The first-order chi connectivity index (χ1) is 16.8. The van der Waals surface area contributed by atoms with E-state index in [-0.39, 0.29) is 35.6 Å².